The molecule has 1 aromatic rings. The maximum atomic E-state index is 12.3. The molecule has 0 radical (unpaired) electrons. The van der Waals surface area contributed by atoms with Crippen LogP contribution in [-0.4, -0.2) is 7.11 Å². The fourth-order valence-electron chi connectivity index (χ4n) is 0.971. The fraction of sp³-hybridized carbons (Fsp3) is 0.250. The second-order valence-electron chi connectivity index (χ2n) is 2.57. The van der Waals surface area contributed by atoms with Crippen LogP contribution in [0.2, 0.25) is 5.02 Å². The number of rotatable bonds is 1. The van der Waals surface area contributed by atoms with Gasteiger partial charge in [0.2, 0.25) is 0 Å². The van der Waals surface area contributed by atoms with Crippen molar-refractivity contribution < 1.29 is 17.9 Å². The molecule has 78 valence electrons. The summed E-state index contributed by atoms with van der Waals surface area (Å²) < 4.78 is 41.6. The molecule has 0 heterocycles. The van der Waals surface area contributed by atoms with E-state index in [0.717, 1.165) is 12.1 Å². The van der Waals surface area contributed by atoms with Gasteiger partial charge >= 0.3 is 6.18 Å². The third kappa shape index (κ3) is 2.04. The number of hydrogen-bond acceptors (Lipinski definition) is 2. The van der Waals surface area contributed by atoms with E-state index >= 15 is 0 Å². The minimum atomic E-state index is -4.50. The highest BCUT2D eigenvalue weighted by Crippen LogP contribution is 2.38. The number of anilines is 1. The van der Waals surface area contributed by atoms with Crippen LogP contribution in [0.1, 0.15) is 5.56 Å². The van der Waals surface area contributed by atoms with Crippen LogP contribution >= 0.6 is 11.6 Å². The van der Waals surface area contributed by atoms with E-state index in [1.807, 2.05) is 0 Å². The van der Waals surface area contributed by atoms with Gasteiger partial charge in [-0.05, 0) is 12.1 Å². The molecule has 0 aromatic heterocycles. The SMILES string of the molecule is COc1cc(C(F)(F)F)c(N)cc1Cl. The molecule has 0 saturated carbocycles. The molecule has 0 bridgehead atoms. The van der Waals surface area contributed by atoms with Crippen molar-refractivity contribution in [2.45, 2.75) is 6.18 Å². The Hall–Kier alpha value is -1.10. The number of benzene rings is 1. The first-order valence-electron chi connectivity index (χ1n) is 3.56. The quantitative estimate of drug-likeness (QED) is 0.746. The third-order valence-electron chi connectivity index (χ3n) is 1.63. The highest BCUT2D eigenvalue weighted by Gasteiger charge is 2.33. The van der Waals surface area contributed by atoms with E-state index in [1.54, 1.807) is 0 Å². The number of alkyl halides is 3. The van der Waals surface area contributed by atoms with Crippen LogP contribution in [-0.2, 0) is 6.18 Å². The van der Waals surface area contributed by atoms with E-state index in [-0.39, 0.29) is 10.8 Å². The summed E-state index contributed by atoms with van der Waals surface area (Å²) in [6.45, 7) is 0. The van der Waals surface area contributed by atoms with E-state index in [4.69, 9.17) is 17.3 Å². The lowest BCUT2D eigenvalue weighted by Crippen LogP contribution is -2.09. The highest BCUT2D eigenvalue weighted by atomic mass is 35.5. The predicted octanol–water partition coefficient (Wildman–Crippen LogP) is 2.95. The monoisotopic (exact) mass is 225 g/mol. The number of halogens is 4. The Bertz CT molecular complexity index is 351. The smallest absolute Gasteiger partial charge is 0.418 e. The molecule has 0 fully saturated rings. The molecule has 1 aromatic carbocycles. The Morgan fingerprint density at radius 1 is 1.36 bits per heavy atom. The van der Waals surface area contributed by atoms with Gasteiger partial charge in [-0.1, -0.05) is 11.6 Å². The minimum absolute atomic E-state index is 0.0480. The van der Waals surface area contributed by atoms with Crippen molar-refractivity contribution in [1.29, 1.82) is 0 Å². The van der Waals surface area contributed by atoms with Crippen molar-refractivity contribution in [3.63, 3.8) is 0 Å². The Labute approximate surface area is 83.4 Å². The van der Waals surface area contributed by atoms with Crippen molar-refractivity contribution in [1.82, 2.24) is 0 Å². The van der Waals surface area contributed by atoms with Crippen LogP contribution in [0.25, 0.3) is 0 Å². The maximum absolute atomic E-state index is 12.3. The van der Waals surface area contributed by atoms with Crippen LogP contribution in [0, 0.1) is 0 Å². The predicted molar refractivity (Wildman–Crippen MR) is 47.4 cm³/mol. The molecule has 0 atom stereocenters. The number of ether oxygens (including phenoxy) is 1. The Balaban J connectivity index is 3.32. The van der Waals surface area contributed by atoms with E-state index < -0.39 is 17.4 Å². The molecule has 0 amide bonds. The summed E-state index contributed by atoms with van der Waals surface area (Å²) in [4.78, 5) is 0. The topological polar surface area (TPSA) is 35.2 Å². The van der Waals surface area contributed by atoms with Crippen LogP contribution in [0.4, 0.5) is 18.9 Å². The minimum Gasteiger partial charge on any atom is -0.495 e. The van der Waals surface area contributed by atoms with Crippen LogP contribution in [0.15, 0.2) is 12.1 Å². The molecule has 0 aliphatic rings. The fourth-order valence-corrected chi connectivity index (χ4v) is 1.22. The molecule has 0 unspecified atom stereocenters. The summed E-state index contributed by atoms with van der Waals surface area (Å²) in [6, 6.07) is 1.79. The summed E-state index contributed by atoms with van der Waals surface area (Å²) in [7, 11) is 1.23. The largest absolute Gasteiger partial charge is 0.495 e. The lowest BCUT2D eigenvalue weighted by molar-refractivity contribution is -0.137. The number of nitrogen functional groups attached to an aromatic ring is 1. The first-order valence-corrected chi connectivity index (χ1v) is 3.94. The van der Waals surface area contributed by atoms with Gasteiger partial charge in [-0.2, -0.15) is 13.2 Å². The molecular formula is C8H7ClF3NO. The third-order valence-corrected chi connectivity index (χ3v) is 1.92. The lowest BCUT2D eigenvalue weighted by atomic mass is 10.1. The molecule has 0 aliphatic carbocycles. The van der Waals surface area contributed by atoms with Crippen LogP contribution < -0.4 is 10.5 Å². The zero-order chi connectivity index (χ0) is 10.9. The molecule has 14 heavy (non-hydrogen) atoms. The second kappa shape index (κ2) is 3.57. The van der Waals surface area contributed by atoms with E-state index in [2.05, 4.69) is 4.74 Å². The maximum Gasteiger partial charge on any atom is 0.418 e. The number of nitrogens with two attached hydrogens (primary N) is 1. The van der Waals surface area contributed by atoms with E-state index in [1.165, 1.54) is 7.11 Å². The van der Waals surface area contributed by atoms with Crippen LogP contribution in [0.3, 0.4) is 0 Å². The first kappa shape index (κ1) is 11.0. The van der Waals surface area contributed by atoms with Crippen LogP contribution in [0.5, 0.6) is 5.75 Å². The zero-order valence-electron chi connectivity index (χ0n) is 7.15. The summed E-state index contributed by atoms with van der Waals surface area (Å²) in [6.07, 6.45) is -4.50. The zero-order valence-corrected chi connectivity index (χ0v) is 7.91. The molecule has 2 N–H and O–H groups in total. The van der Waals surface area contributed by atoms with Gasteiger partial charge in [0.25, 0.3) is 0 Å². The molecule has 0 saturated heterocycles. The summed E-state index contributed by atoms with van der Waals surface area (Å²) in [5, 5.41) is 0.0537. The van der Waals surface area contributed by atoms with Gasteiger partial charge in [0.05, 0.1) is 17.7 Å². The Kier molecular flexibility index (Phi) is 2.80. The standard InChI is InChI=1S/C8H7ClF3NO/c1-14-7-2-4(8(10,11)12)6(13)3-5(7)9/h2-3H,13H2,1H3. The number of methoxy groups -OCH3 is 1. The highest BCUT2D eigenvalue weighted by molar-refractivity contribution is 6.32. The molecule has 2 nitrogen and oxygen atoms in total. The van der Waals surface area contributed by atoms with Crippen molar-refractivity contribution in [3.05, 3.63) is 22.7 Å². The molecule has 1 rings (SSSR count). The average molecular weight is 226 g/mol. The van der Waals surface area contributed by atoms with Gasteiger partial charge in [-0.15, -0.1) is 0 Å². The Morgan fingerprint density at radius 3 is 2.36 bits per heavy atom. The normalized spacial score (nSPS) is 11.5. The van der Waals surface area contributed by atoms with Gasteiger partial charge in [-0.25, -0.2) is 0 Å². The van der Waals surface area contributed by atoms with Gasteiger partial charge in [0.15, 0.2) is 0 Å². The van der Waals surface area contributed by atoms with Crippen molar-refractivity contribution in [2.75, 3.05) is 12.8 Å². The van der Waals surface area contributed by atoms with Gasteiger partial charge in [-0.3, -0.25) is 0 Å². The van der Waals surface area contributed by atoms with Gasteiger partial charge in [0.1, 0.15) is 5.75 Å². The molecular weight excluding hydrogens is 219 g/mol. The summed E-state index contributed by atoms with van der Waals surface area (Å²) in [5.74, 6) is -0.0480. The second-order valence-corrected chi connectivity index (χ2v) is 2.98. The van der Waals surface area contributed by atoms with Crippen molar-refractivity contribution in [3.8, 4) is 5.75 Å². The Morgan fingerprint density at radius 2 is 1.93 bits per heavy atom. The van der Waals surface area contributed by atoms with E-state index in [0.29, 0.717) is 0 Å². The van der Waals surface area contributed by atoms with Gasteiger partial charge < -0.3 is 10.5 Å². The van der Waals surface area contributed by atoms with Crippen molar-refractivity contribution in [2.24, 2.45) is 0 Å². The van der Waals surface area contributed by atoms with Crippen molar-refractivity contribution >= 4 is 17.3 Å². The summed E-state index contributed by atoms with van der Waals surface area (Å²) >= 11 is 5.58. The average Bonchev–Trinajstić information content (AvgIpc) is 2.02. The first-order chi connectivity index (χ1) is 6.36. The van der Waals surface area contributed by atoms with E-state index in [9.17, 15) is 13.2 Å². The molecule has 6 heteroatoms. The molecule has 0 spiro atoms. The summed E-state index contributed by atoms with van der Waals surface area (Å²) in [5.41, 5.74) is 3.81. The number of hydrogen-bond donors (Lipinski definition) is 1. The van der Waals surface area contributed by atoms with Gasteiger partial charge in [0, 0.05) is 5.69 Å². The molecule has 0 aliphatic heterocycles. The lowest BCUT2D eigenvalue weighted by Gasteiger charge is -2.12.